The monoisotopic (exact) mass is 407 g/mol. The second-order valence-corrected chi connectivity index (χ2v) is 9.27. The lowest BCUT2D eigenvalue weighted by Crippen LogP contribution is -2.30. The highest BCUT2D eigenvalue weighted by Gasteiger charge is 2.37. The van der Waals surface area contributed by atoms with E-state index in [1.54, 1.807) is 6.07 Å². The number of sulfone groups is 1. The van der Waals surface area contributed by atoms with Crippen LogP contribution in [0.2, 0.25) is 0 Å². The van der Waals surface area contributed by atoms with E-state index in [1.165, 1.54) is 18.2 Å². The van der Waals surface area contributed by atoms with E-state index in [-0.39, 0.29) is 15.8 Å². The van der Waals surface area contributed by atoms with Crippen LogP contribution in [-0.4, -0.2) is 14.5 Å². The van der Waals surface area contributed by atoms with Crippen molar-refractivity contribution in [3.8, 4) is 0 Å². The fraction of sp³-hybridized carbons (Fsp3) is 0.300. The summed E-state index contributed by atoms with van der Waals surface area (Å²) in [5.74, 6) is 0.870. The second kappa shape index (κ2) is 5.84. The van der Waals surface area contributed by atoms with E-state index >= 15 is 0 Å². The van der Waals surface area contributed by atoms with E-state index in [0.29, 0.717) is 23.1 Å². The normalized spacial score (nSPS) is 21.8. The third-order valence-corrected chi connectivity index (χ3v) is 7.33. The molecule has 3 heterocycles. The lowest BCUT2D eigenvalue weighted by Gasteiger charge is -2.20. The molecule has 0 amide bonds. The van der Waals surface area contributed by atoms with Crippen LogP contribution in [0, 0.1) is 0 Å². The summed E-state index contributed by atoms with van der Waals surface area (Å²) < 4.78 is 70.9. The molecule has 1 N–H and O–H groups in total. The Balaban J connectivity index is 1.63. The Morgan fingerprint density at radius 1 is 1.04 bits per heavy atom. The molecule has 5 rings (SSSR count). The van der Waals surface area contributed by atoms with Gasteiger partial charge in [-0.25, -0.2) is 8.42 Å². The number of halogens is 3. The first-order valence-corrected chi connectivity index (χ1v) is 10.5. The highest BCUT2D eigenvalue weighted by Crippen LogP contribution is 2.42. The van der Waals surface area contributed by atoms with E-state index < -0.39 is 21.6 Å². The Bertz CT molecular complexity index is 1200. The smallest absolute Gasteiger partial charge is 0.416 e. The fourth-order valence-corrected chi connectivity index (χ4v) is 5.59. The fourth-order valence-electron chi connectivity index (χ4n) is 4.25. The van der Waals surface area contributed by atoms with Crippen LogP contribution >= 0.6 is 0 Å². The molecule has 1 aromatic heterocycles. The number of hydrogen-bond donors (Lipinski definition) is 1. The molecule has 1 fully saturated rings. The molecule has 8 heteroatoms. The van der Waals surface area contributed by atoms with Gasteiger partial charge in [-0.3, -0.25) is 0 Å². The minimum Gasteiger partial charge on any atom is -0.461 e. The zero-order chi connectivity index (χ0) is 19.7. The summed E-state index contributed by atoms with van der Waals surface area (Å²) in [6.45, 7) is 0. The molecule has 2 aromatic carbocycles. The molecule has 2 bridgehead atoms. The molecule has 0 saturated carbocycles. The van der Waals surface area contributed by atoms with Crippen LogP contribution in [0.4, 0.5) is 13.2 Å². The van der Waals surface area contributed by atoms with Gasteiger partial charge in [0, 0.05) is 29.5 Å². The molecule has 3 aromatic rings. The molecule has 0 spiro atoms. The minimum absolute atomic E-state index is 0.0388. The number of benzene rings is 2. The summed E-state index contributed by atoms with van der Waals surface area (Å²) in [5, 5.41) is 4.21. The summed E-state index contributed by atoms with van der Waals surface area (Å²) in [6.07, 6.45) is -1.85. The van der Waals surface area contributed by atoms with Gasteiger partial charge >= 0.3 is 6.18 Å². The van der Waals surface area contributed by atoms with E-state index in [9.17, 15) is 21.6 Å². The van der Waals surface area contributed by atoms with Crippen molar-refractivity contribution in [2.45, 2.75) is 47.3 Å². The molecular weight excluding hydrogens is 391 g/mol. The molecule has 0 radical (unpaired) electrons. The molecule has 146 valence electrons. The Kier molecular flexibility index (Phi) is 3.70. The number of alkyl halides is 3. The molecule has 2 unspecified atom stereocenters. The average Bonchev–Trinajstić information content (AvgIpc) is 3.21. The predicted molar refractivity (Wildman–Crippen MR) is 95.7 cm³/mol. The van der Waals surface area contributed by atoms with Gasteiger partial charge in [0.1, 0.15) is 11.3 Å². The lowest BCUT2D eigenvalue weighted by atomic mass is 9.99. The lowest BCUT2D eigenvalue weighted by molar-refractivity contribution is -0.137. The van der Waals surface area contributed by atoms with Gasteiger partial charge in [0.2, 0.25) is 9.84 Å². The van der Waals surface area contributed by atoms with Crippen LogP contribution in [-0.2, 0) is 22.4 Å². The molecular formula is C20H16F3NO3S. The van der Waals surface area contributed by atoms with Gasteiger partial charge in [-0.1, -0.05) is 6.07 Å². The summed E-state index contributed by atoms with van der Waals surface area (Å²) in [7, 11) is -4.09. The average molecular weight is 407 g/mol. The van der Waals surface area contributed by atoms with Gasteiger partial charge < -0.3 is 9.73 Å². The van der Waals surface area contributed by atoms with Crippen LogP contribution in [0.1, 0.15) is 35.8 Å². The maximum absolute atomic E-state index is 13.0. The topological polar surface area (TPSA) is 59.3 Å². The third kappa shape index (κ3) is 2.66. The van der Waals surface area contributed by atoms with Crippen molar-refractivity contribution in [3.63, 3.8) is 0 Å². The summed E-state index contributed by atoms with van der Waals surface area (Å²) >= 11 is 0. The van der Waals surface area contributed by atoms with Gasteiger partial charge in [0.25, 0.3) is 0 Å². The van der Waals surface area contributed by atoms with Gasteiger partial charge in [-0.2, -0.15) is 13.2 Å². The van der Waals surface area contributed by atoms with Crippen LogP contribution in [0.5, 0.6) is 0 Å². The third-order valence-electron chi connectivity index (χ3n) is 5.58. The zero-order valence-electron chi connectivity index (χ0n) is 14.6. The van der Waals surface area contributed by atoms with E-state index in [1.807, 2.05) is 0 Å². The largest absolute Gasteiger partial charge is 0.461 e. The number of hydrogen-bond acceptors (Lipinski definition) is 4. The Morgan fingerprint density at radius 2 is 1.82 bits per heavy atom. The zero-order valence-corrected chi connectivity index (χ0v) is 15.4. The first-order chi connectivity index (χ1) is 13.2. The first-order valence-electron chi connectivity index (χ1n) is 8.97. The van der Waals surface area contributed by atoms with Gasteiger partial charge in [0.15, 0.2) is 0 Å². The van der Waals surface area contributed by atoms with E-state index in [0.717, 1.165) is 42.7 Å². The first kappa shape index (κ1) is 17.8. The van der Waals surface area contributed by atoms with Crippen molar-refractivity contribution in [3.05, 3.63) is 59.4 Å². The Morgan fingerprint density at radius 3 is 2.61 bits per heavy atom. The highest BCUT2D eigenvalue weighted by molar-refractivity contribution is 7.91. The van der Waals surface area contributed by atoms with E-state index in [2.05, 4.69) is 5.32 Å². The van der Waals surface area contributed by atoms with Gasteiger partial charge in [-0.05, 0) is 49.2 Å². The Hall–Kier alpha value is -2.32. The van der Waals surface area contributed by atoms with Crippen molar-refractivity contribution >= 4 is 20.8 Å². The van der Waals surface area contributed by atoms with Crippen molar-refractivity contribution in [2.24, 2.45) is 0 Å². The molecule has 28 heavy (non-hydrogen) atoms. The SMILES string of the molecule is O=S(=O)(c1cccc(C(F)(F)F)c1)c1ccc2oc3c(c2c1)C1CCC(C3)N1. The molecule has 2 atom stereocenters. The van der Waals surface area contributed by atoms with Crippen molar-refractivity contribution in [1.82, 2.24) is 5.32 Å². The molecule has 2 aliphatic rings. The molecule has 0 aliphatic carbocycles. The Labute approximate surface area is 159 Å². The van der Waals surface area contributed by atoms with Gasteiger partial charge in [0.05, 0.1) is 15.4 Å². The van der Waals surface area contributed by atoms with Crippen molar-refractivity contribution < 1.29 is 26.0 Å². The van der Waals surface area contributed by atoms with E-state index in [4.69, 9.17) is 4.42 Å². The maximum atomic E-state index is 13.0. The highest BCUT2D eigenvalue weighted by atomic mass is 32.2. The standard InChI is InChI=1S/C20H16F3NO3S/c21-20(22,23)11-2-1-3-13(8-11)28(25,26)14-5-7-17-15(10-14)19-16-6-4-12(24-16)9-18(19)27-17/h1-3,5,7-8,10,12,16,24H,4,6,9H2. The summed E-state index contributed by atoms with van der Waals surface area (Å²) in [6, 6.07) is 8.82. The van der Waals surface area contributed by atoms with Crippen molar-refractivity contribution in [1.29, 1.82) is 0 Å². The van der Waals surface area contributed by atoms with Crippen LogP contribution in [0.3, 0.4) is 0 Å². The number of rotatable bonds is 2. The van der Waals surface area contributed by atoms with Gasteiger partial charge in [-0.15, -0.1) is 0 Å². The summed E-state index contributed by atoms with van der Waals surface area (Å²) in [5.41, 5.74) is 0.587. The van der Waals surface area contributed by atoms with Crippen LogP contribution in [0.15, 0.2) is 56.7 Å². The predicted octanol–water partition coefficient (Wildman–Crippen LogP) is 4.63. The van der Waals surface area contributed by atoms with Crippen LogP contribution < -0.4 is 5.32 Å². The number of fused-ring (bicyclic) bond motifs is 6. The molecule has 4 nitrogen and oxygen atoms in total. The summed E-state index contributed by atoms with van der Waals surface area (Å²) in [4.78, 5) is -0.416. The maximum Gasteiger partial charge on any atom is 0.416 e. The second-order valence-electron chi connectivity index (χ2n) is 7.32. The quantitative estimate of drug-likeness (QED) is 0.673. The number of furan rings is 1. The molecule has 1 saturated heterocycles. The number of nitrogens with one attached hydrogen (secondary N) is 1. The van der Waals surface area contributed by atoms with Crippen LogP contribution in [0.25, 0.3) is 11.0 Å². The molecule has 2 aliphatic heterocycles. The minimum atomic E-state index is -4.61. The van der Waals surface area contributed by atoms with Crippen molar-refractivity contribution in [2.75, 3.05) is 0 Å².